The number of hydrogen-bond acceptors (Lipinski definition) is 2. The summed E-state index contributed by atoms with van der Waals surface area (Å²) in [7, 11) is 0. The van der Waals surface area contributed by atoms with Gasteiger partial charge in [-0.25, -0.2) is 0 Å². The van der Waals surface area contributed by atoms with Crippen LogP contribution >= 0.6 is 0 Å². The van der Waals surface area contributed by atoms with Gasteiger partial charge in [-0.3, -0.25) is 4.90 Å². The lowest BCUT2D eigenvalue weighted by molar-refractivity contribution is 0.238. The zero-order chi connectivity index (χ0) is 22.2. The lowest BCUT2D eigenvalue weighted by atomic mass is 9.88. The molecule has 0 amide bonds. The first-order chi connectivity index (χ1) is 15.8. The van der Waals surface area contributed by atoms with Crippen molar-refractivity contribution in [3.63, 3.8) is 0 Å². The average Bonchev–Trinajstić information content (AvgIpc) is 3.37. The fraction of sp³-hybridized carbons (Fsp3) is 0.267. The lowest BCUT2D eigenvalue weighted by Gasteiger charge is -2.17. The maximum Gasteiger partial charge on any atom is 0.119 e. The molecule has 0 saturated carbocycles. The summed E-state index contributed by atoms with van der Waals surface area (Å²) in [5.41, 5.74) is 7.07. The minimum atomic E-state index is 0.736. The first-order valence-electron chi connectivity index (χ1n) is 11.6. The summed E-state index contributed by atoms with van der Waals surface area (Å²) in [6.45, 7) is 6.36. The molecule has 3 aromatic carbocycles. The fourth-order valence-electron chi connectivity index (χ4n) is 4.43. The van der Waals surface area contributed by atoms with Crippen molar-refractivity contribution >= 4 is 11.1 Å². The third kappa shape index (κ3) is 5.31. The van der Waals surface area contributed by atoms with Crippen LogP contribution in [0.4, 0.5) is 0 Å². The van der Waals surface area contributed by atoms with Crippen molar-refractivity contribution in [3.8, 4) is 18.1 Å². The zero-order valence-electron chi connectivity index (χ0n) is 18.9. The van der Waals surface area contributed by atoms with Gasteiger partial charge >= 0.3 is 0 Å². The number of allylic oxidation sites excluding steroid dienone is 1. The molecule has 0 radical (unpaired) electrons. The molecule has 0 bridgehead atoms. The Labute approximate surface area is 192 Å². The summed E-state index contributed by atoms with van der Waals surface area (Å²) in [6, 6.07) is 27.5. The maximum absolute atomic E-state index is 6.03. The van der Waals surface area contributed by atoms with Gasteiger partial charge in [0.25, 0.3) is 0 Å². The Balaban J connectivity index is 1.63. The van der Waals surface area contributed by atoms with Gasteiger partial charge in [-0.15, -0.1) is 6.42 Å². The van der Waals surface area contributed by atoms with E-state index in [1.54, 1.807) is 0 Å². The van der Waals surface area contributed by atoms with Crippen molar-refractivity contribution in [3.05, 3.63) is 101 Å². The van der Waals surface area contributed by atoms with Gasteiger partial charge in [-0.1, -0.05) is 67.4 Å². The minimum Gasteiger partial charge on any atom is -0.492 e. The fourth-order valence-corrected chi connectivity index (χ4v) is 4.43. The number of nitrogens with zero attached hydrogens (tertiary/aromatic N) is 1. The smallest absolute Gasteiger partial charge is 0.119 e. The van der Waals surface area contributed by atoms with Gasteiger partial charge in [-0.05, 0) is 84.5 Å². The molecule has 0 spiro atoms. The molecular formula is C30H31NO. The first kappa shape index (κ1) is 21.9. The third-order valence-corrected chi connectivity index (χ3v) is 6.14. The van der Waals surface area contributed by atoms with Crippen molar-refractivity contribution in [2.45, 2.75) is 26.2 Å². The molecule has 1 fully saturated rings. The van der Waals surface area contributed by atoms with E-state index in [4.69, 9.17) is 11.2 Å². The second kappa shape index (κ2) is 10.8. The number of ether oxygens (including phenoxy) is 1. The van der Waals surface area contributed by atoms with Gasteiger partial charge in [-0.2, -0.15) is 0 Å². The van der Waals surface area contributed by atoms with Crippen LogP contribution in [-0.4, -0.2) is 31.1 Å². The van der Waals surface area contributed by atoms with Gasteiger partial charge in [0.15, 0.2) is 0 Å². The molecular weight excluding hydrogens is 390 g/mol. The van der Waals surface area contributed by atoms with Crippen LogP contribution in [-0.2, 0) is 0 Å². The number of rotatable bonds is 8. The Kier molecular flexibility index (Phi) is 7.43. The van der Waals surface area contributed by atoms with Gasteiger partial charge in [0.05, 0.1) is 0 Å². The Hall–Kier alpha value is -3.28. The Morgan fingerprint density at radius 3 is 2.06 bits per heavy atom. The number of hydrogen-bond donors (Lipinski definition) is 0. The van der Waals surface area contributed by atoms with Gasteiger partial charge in [0, 0.05) is 12.1 Å². The molecule has 0 aromatic heterocycles. The van der Waals surface area contributed by atoms with E-state index in [0.717, 1.165) is 30.9 Å². The Morgan fingerprint density at radius 1 is 0.844 bits per heavy atom. The molecule has 3 aromatic rings. The molecule has 1 saturated heterocycles. The predicted molar refractivity (Wildman–Crippen MR) is 135 cm³/mol. The molecule has 4 rings (SSSR count). The van der Waals surface area contributed by atoms with Gasteiger partial charge in [0.2, 0.25) is 0 Å². The van der Waals surface area contributed by atoms with Crippen LogP contribution in [0.5, 0.6) is 5.75 Å². The van der Waals surface area contributed by atoms with Crippen molar-refractivity contribution in [1.29, 1.82) is 0 Å². The molecule has 32 heavy (non-hydrogen) atoms. The van der Waals surface area contributed by atoms with Crippen LogP contribution in [0.25, 0.3) is 11.1 Å². The number of likely N-dealkylation sites (tertiary alicyclic amines) is 1. The highest BCUT2D eigenvalue weighted by Gasteiger charge is 2.14. The summed E-state index contributed by atoms with van der Waals surface area (Å²) >= 11 is 0. The molecule has 2 heteroatoms. The zero-order valence-corrected chi connectivity index (χ0v) is 18.9. The molecule has 1 aliphatic heterocycles. The standard InChI is InChI=1S/C30H31NO/c1-3-24-12-14-26(15-13-24)30(29(4-2)25-10-6-5-7-11-25)27-16-18-28(19-17-27)32-23-22-31-20-8-9-21-31/h1,5-7,10-19H,4,8-9,20-23H2,2H3/b30-29-. The van der Waals surface area contributed by atoms with E-state index in [9.17, 15) is 0 Å². The summed E-state index contributed by atoms with van der Waals surface area (Å²) in [5.74, 6) is 3.64. The van der Waals surface area contributed by atoms with Crippen molar-refractivity contribution < 1.29 is 4.74 Å². The highest BCUT2D eigenvalue weighted by Crippen LogP contribution is 2.35. The van der Waals surface area contributed by atoms with E-state index >= 15 is 0 Å². The van der Waals surface area contributed by atoms with E-state index < -0.39 is 0 Å². The van der Waals surface area contributed by atoms with Gasteiger partial charge < -0.3 is 4.74 Å². The molecule has 0 atom stereocenters. The summed E-state index contributed by atoms with van der Waals surface area (Å²) in [6.07, 6.45) is 9.14. The van der Waals surface area contributed by atoms with E-state index in [0.29, 0.717) is 0 Å². The van der Waals surface area contributed by atoms with Gasteiger partial charge in [0.1, 0.15) is 12.4 Å². The highest BCUT2D eigenvalue weighted by molar-refractivity contribution is 5.98. The second-order valence-corrected chi connectivity index (χ2v) is 8.22. The second-order valence-electron chi connectivity index (χ2n) is 8.22. The molecule has 0 aliphatic carbocycles. The highest BCUT2D eigenvalue weighted by atomic mass is 16.5. The monoisotopic (exact) mass is 421 g/mol. The van der Waals surface area contributed by atoms with E-state index in [1.807, 2.05) is 12.1 Å². The normalized spacial score (nSPS) is 14.6. The number of benzene rings is 3. The van der Waals surface area contributed by atoms with Crippen LogP contribution in [0.2, 0.25) is 0 Å². The van der Waals surface area contributed by atoms with Crippen LogP contribution < -0.4 is 4.74 Å². The van der Waals surface area contributed by atoms with E-state index in [2.05, 4.69) is 84.5 Å². The third-order valence-electron chi connectivity index (χ3n) is 6.14. The van der Waals surface area contributed by atoms with Crippen LogP contribution in [0.3, 0.4) is 0 Å². The van der Waals surface area contributed by atoms with Crippen LogP contribution in [0.1, 0.15) is 48.4 Å². The Bertz CT molecular complexity index is 1070. The van der Waals surface area contributed by atoms with E-state index in [1.165, 1.54) is 53.8 Å². The summed E-state index contributed by atoms with van der Waals surface area (Å²) in [4.78, 5) is 2.47. The molecule has 1 heterocycles. The van der Waals surface area contributed by atoms with E-state index in [-0.39, 0.29) is 0 Å². The minimum absolute atomic E-state index is 0.736. The molecule has 1 aliphatic rings. The lowest BCUT2D eigenvalue weighted by Crippen LogP contribution is -2.25. The van der Waals surface area contributed by atoms with Crippen molar-refractivity contribution in [2.75, 3.05) is 26.2 Å². The summed E-state index contributed by atoms with van der Waals surface area (Å²) < 4.78 is 6.03. The molecule has 2 nitrogen and oxygen atoms in total. The quantitative estimate of drug-likeness (QED) is 0.304. The van der Waals surface area contributed by atoms with Crippen molar-refractivity contribution in [1.82, 2.24) is 4.90 Å². The molecule has 0 N–H and O–H groups in total. The first-order valence-corrected chi connectivity index (χ1v) is 11.6. The SMILES string of the molecule is C#Cc1ccc(/C(=C(\CC)c2ccccc2)c2ccc(OCCN3CCCC3)cc2)cc1. The summed E-state index contributed by atoms with van der Waals surface area (Å²) in [5, 5.41) is 0. The van der Waals surface area contributed by atoms with Crippen LogP contribution in [0.15, 0.2) is 78.9 Å². The van der Waals surface area contributed by atoms with Crippen molar-refractivity contribution in [2.24, 2.45) is 0 Å². The van der Waals surface area contributed by atoms with Crippen LogP contribution in [0, 0.1) is 12.3 Å². The largest absolute Gasteiger partial charge is 0.492 e. The average molecular weight is 422 g/mol. The molecule has 162 valence electrons. The Morgan fingerprint density at radius 2 is 1.47 bits per heavy atom. The topological polar surface area (TPSA) is 12.5 Å². The maximum atomic E-state index is 6.03. The number of terminal acetylenes is 1. The molecule has 0 unspecified atom stereocenters. The predicted octanol–water partition coefficient (Wildman–Crippen LogP) is 6.51.